The third-order valence-electron chi connectivity index (χ3n) is 16.5. The first kappa shape index (κ1) is 83.1. The first-order valence-electron chi connectivity index (χ1n) is 37.0. The molecule has 0 saturated carbocycles. The SMILES string of the molecule is C=CCCCNC(=O)c1nn(C)cc1NC(=O)c1coc(-c2cncc(N(CCCC=C)C(=O)OC(C)(C)C)c2)n1.Cn1cc2c(n1)C(=O)NCCC/C=C/CCCN(C(=O)OC(C)(C)C)c1cc(ccn1)-c1nc(co1)C(=O)N2.Cn1cc2c(n1)C(=O)NCCCCCCCCNc1cc(ccn1)-c1nc(co1)C(=O)N2. The highest BCUT2D eigenvalue weighted by Crippen LogP contribution is 2.30. The number of hydrogen-bond donors (Lipinski definition) is 7. The van der Waals surface area contributed by atoms with Crippen molar-refractivity contribution in [3.05, 3.63) is 164 Å². The number of hydrogen-bond acceptors (Lipinski definition) is 23. The topological polar surface area (TPSA) is 416 Å². The number of allylic oxidation sites excluding steroid dienone is 4. The Hall–Kier alpha value is -12.9. The van der Waals surface area contributed by atoms with Crippen LogP contribution in [-0.4, -0.2) is 157 Å². The number of fused-ring (bicyclic) bond motifs is 12. The molecule has 0 aromatic carbocycles. The number of amides is 8. The van der Waals surface area contributed by atoms with Crippen molar-refractivity contribution < 1.29 is 61.1 Å². The van der Waals surface area contributed by atoms with Crippen LogP contribution in [0.5, 0.6) is 0 Å². The zero-order chi connectivity index (χ0) is 80.3. The van der Waals surface area contributed by atoms with Gasteiger partial charge in [0.1, 0.15) is 41.6 Å². The van der Waals surface area contributed by atoms with Gasteiger partial charge in [-0.2, -0.15) is 15.3 Å². The minimum absolute atomic E-state index is 0.0124. The van der Waals surface area contributed by atoms with Crippen molar-refractivity contribution in [1.29, 1.82) is 0 Å². The van der Waals surface area contributed by atoms with E-state index in [1.54, 1.807) is 109 Å². The largest absolute Gasteiger partial charge is 0.444 e. The van der Waals surface area contributed by atoms with E-state index >= 15 is 0 Å². The molecule has 0 fully saturated rings. The second kappa shape index (κ2) is 40.0. The van der Waals surface area contributed by atoms with Crippen LogP contribution < -0.4 is 47.0 Å². The molecule has 592 valence electrons. The van der Waals surface area contributed by atoms with Gasteiger partial charge in [-0.1, -0.05) is 50.0 Å². The van der Waals surface area contributed by atoms with Crippen molar-refractivity contribution in [2.45, 2.75) is 143 Å². The van der Waals surface area contributed by atoms with E-state index in [2.05, 4.69) is 108 Å². The molecule has 0 aliphatic carbocycles. The van der Waals surface area contributed by atoms with Crippen LogP contribution in [0, 0.1) is 0 Å². The van der Waals surface area contributed by atoms with Crippen molar-refractivity contribution in [3.63, 3.8) is 0 Å². The molecule has 11 heterocycles. The van der Waals surface area contributed by atoms with Gasteiger partial charge in [0.15, 0.2) is 34.2 Å². The highest BCUT2D eigenvalue weighted by Gasteiger charge is 2.29. The van der Waals surface area contributed by atoms with E-state index in [1.165, 1.54) is 55.0 Å². The van der Waals surface area contributed by atoms with Crippen LogP contribution in [0.2, 0.25) is 0 Å². The summed E-state index contributed by atoms with van der Waals surface area (Å²) in [6, 6.07) is 8.65. The Balaban J connectivity index is 0.000000194. The number of nitrogens with one attached hydrogen (secondary N) is 7. The highest BCUT2D eigenvalue weighted by molar-refractivity contribution is 6.09. The van der Waals surface area contributed by atoms with E-state index < -0.39 is 47.0 Å². The van der Waals surface area contributed by atoms with Gasteiger partial charge in [0.2, 0.25) is 17.7 Å². The molecule has 0 radical (unpaired) electrons. The lowest BCUT2D eigenvalue weighted by Crippen LogP contribution is -2.38. The van der Waals surface area contributed by atoms with Crippen LogP contribution in [0.15, 0.2) is 143 Å². The quantitative estimate of drug-likeness (QED) is 0.0416. The molecule has 34 heteroatoms. The standard InChI is InChI=1S/C29H37N7O5.C27H33N7O5.C22H27N7O3/c1-7-9-11-13-31-26(38)24-22(18-35(6)34-24)32-25(37)23-19-40-27(33-23)20-15-21(17-30-16-20)36(14-12-10-8-2)28(39)41-29(3,4)5;1-27(2,3)39-26(37)34-14-10-8-6-5-7-9-12-29-24(36)22-19(16-33(4)32-22)30-23(35)20-17-38-25(31-20)18-11-13-28-21(34)15-18;1-29-13-16-19(28-29)21(31)25-10-7-5-3-2-4-6-9-23-18-12-15(8-11-24-18)22-27-17(14-32-22)20(30)26-16/h7-8,15-19H,1-2,9-14H2,3-6H3,(H,31,38)(H,32,37);5-6,11,13,15-17H,7-10,12,14H2,1-4H3,(H,29,36)(H,30,35);8,11-14H,2-7,9-10H2,1H3,(H,23,24)(H,25,31)(H,26,30)/b;6-5+;. The van der Waals surface area contributed by atoms with Gasteiger partial charge in [-0.15, -0.1) is 13.2 Å². The summed E-state index contributed by atoms with van der Waals surface area (Å²) in [5.41, 5.74) is 2.12. The number of oxazole rings is 3. The minimum Gasteiger partial charge on any atom is -0.444 e. The second-order valence-corrected chi connectivity index (χ2v) is 28.1. The van der Waals surface area contributed by atoms with E-state index in [4.69, 9.17) is 22.7 Å². The monoisotopic (exact) mass is 1540 g/mol. The molecule has 8 amide bonds. The molecule has 0 spiro atoms. The van der Waals surface area contributed by atoms with Gasteiger partial charge in [0.05, 0.1) is 34.5 Å². The van der Waals surface area contributed by atoms with Gasteiger partial charge in [-0.05, 0) is 136 Å². The fourth-order valence-corrected chi connectivity index (χ4v) is 11.1. The number of carbonyl (C=O) groups is 8. The lowest BCUT2D eigenvalue weighted by atomic mass is 10.1. The minimum atomic E-state index is -0.677. The van der Waals surface area contributed by atoms with Gasteiger partial charge in [0.25, 0.3) is 35.4 Å². The van der Waals surface area contributed by atoms with Gasteiger partial charge in [-0.25, -0.2) is 34.5 Å². The number of rotatable bonds is 13. The summed E-state index contributed by atoms with van der Waals surface area (Å²) in [6.45, 7) is 21.3. The van der Waals surface area contributed by atoms with Crippen LogP contribution in [-0.2, 0) is 30.6 Å². The number of anilines is 6. The van der Waals surface area contributed by atoms with Crippen LogP contribution in [0.25, 0.3) is 34.4 Å². The fraction of sp³-hybridized carbons (Fsp3) is 0.397. The molecule has 11 rings (SSSR count). The predicted octanol–water partition coefficient (Wildman–Crippen LogP) is 12.7. The Bertz CT molecular complexity index is 4780. The van der Waals surface area contributed by atoms with Crippen molar-refractivity contribution in [2.75, 3.05) is 70.3 Å². The Morgan fingerprint density at radius 3 is 1.78 bits per heavy atom. The Morgan fingerprint density at radius 1 is 0.598 bits per heavy atom. The van der Waals surface area contributed by atoms with E-state index in [0.29, 0.717) is 85.3 Å². The molecule has 34 nitrogen and oxygen atoms in total. The summed E-state index contributed by atoms with van der Waals surface area (Å²) in [5, 5.41) is 32.5. The number of aromatic nitrogens is 12. The normalized spacial score (nSPS) is 14.3. The molecule has 8 bridgehead atoms. The summed E-state index contributed by atoms with van der Waals surface area (Å²) in [4.78, 5) is 131. The molecular weight excluding hydrogens is 1440 g/mol. The molecule has 2 aliphatic rings. The number of pyridine rings is 3. The maximum absolute atomic E-state index is 13.1. The fourth-order valence-electron chi connectivity index (χ4n) is 11.1. The molecule has 0 unspecified atom stereocenters. The van der Waals surface area contributed by atoms with E-state index in [9.17, 15) is 38.4 Å². The van der Waals surface area contributed by atoms with Crippen LogP contribution >= 0.6 is 0 Å². The summed E-state index contributed by atoms with van der Waals surface area (Å²) >= 11 is 0. The molecule has 112 heavy (non-hydrogen) atoms. The van der Waals surface area contributed by atoms with Crippen molar-refractivity contribution in [3.8, 4) is 34.4 Å². The number of carbonyl (C=O) groups excluding carboxylic acids is 8. The lowest BCUT2D eigenvalue weighted by Gasteiger charge is -2.27. The molecule has 0 atom stereocenters. The maximum Gasteiger partial charge on any atom is 0.416 e. The van der Waals surface area contributed by atoms with Gasteiger partial charge >= 0.3 is 12.2 Å². The third-order valence-corrected chi connectivity index (χ3v) is 16.5. The van der Waals surface area contributed by atoms with E-state index in [1.807, 2.05) is 26.8 Å². The number of unbranched alkanes of at least 4 members (excludes halogenated alkanes) is 2. The average molecular weight is 1540 g/mol. The molecule has 2 aliphatic heterocycles. The summed E-state index contributed by atoms with van der Waals surface area (Å²) in [5.74, 6) is -1.00. The van der Waals surface area contributed by atoms with Gasteiger partial charge in [0, 0.05) is 109 Å². The Morgan fingerprint density at radius 2 is 1.15 bits per heavy atom. The average Bonchev–Trinajstić information content (AvgIpc) is 1.68. The maximum atomic E-state index is 13.1. The Kier molecular flexibility index (Phi) is 29.7. The zero-order valence-corrected chi connectivity index (χ0v) is 64.6. The third kappa shape index (κ3) is 24.8. The Labute approximate surface area is 648 Å². The van der Waals surface area contributed by atoms with Crippen LogP contribution in [0.1, 0.15) is 194 Å². The van der Waals surface area contributed by atoms with Gasteiger partial charge < -0.3 is 59.9 Å². The molecule has 7 N–H and O–H groups in total. The summed E-state index contributed by atoms with van der Waals surface area (Å²) in [7, 11) is 5.01. The van der Waals surface area contributed by atoms with E-state index in [0.717, 1.165) is 89.4 Å². The number of nitrogens with zero attached hydrogens (tertiary/aromatic N) is 14. The molecule has 9 aromatic heterocycles. The smallest absolute Gasteiger partial charge is 0.416 e. The summed E-state index contributed by atoms with van der Waals surface area (Å²) in [6.07, 6.45) is 33.6. The zero-order valence-electron chi connectivity index (χ0n) is 64.6. The van der Waals surface area contributed by atoms with Crippen molar-refractivity contribution in [2.24, 2.45) is 21.1 Å². The van der Waals surface area contributed by atoms with Crippen molar-refractivity contribution in [1.82, 2.24) is 75.2 Å². The van der Waals surface area contributed by atoms with Crippen LogP contribution in [0.3, 0.4) is 0 Å². The predicted molar refractivity (Wildman–Crippen MR) is 420 cm³/mol. The number of ether oxygens (including phenoxy) is 2. The first-order valence-corrected chi connectivity index (χ1v) is 37.0. The summed E-state index contributed by atoms with van der Waals surface area (Å²) < 4.78 is 32.3. The van der Waals surface area contributed by atoms with E-state index in [-0.39, 0.29) is 69.1 Å². The molecule has 9 aromatic rings. The molecular formula is C78H97N21O13. The van der Waals surface area contributed by atoms with Crippen LogP contribution in [0.4, 0.5) is 44.0 Å². The second-order valence-electron chi connectivity index (χ2n) is 28.1. The van der Waals surface area contributed by atoms with Crippen molar-refractivity contribution >= 4 is 82.0 Å². The first-order chi connectivity index (χ1) is 53.7. The number of aryl methyl sites for hydroxylation is 3. The van der Waals surface area contributed by atoms with Gasteiger partial charge in [-0.3, -0.25) is 57.6 Å². The lowest BCUT2D eigenvalue weighted by molar-refractivity contribution is 0.0568. The highest BCUT2D eigenvalue weighted by atomic mass is 16.6. The molecule has 0 saturated heterocycles.